The van der Waals surface area contributed by atoms with Gasteiger partial charge in [0, 0.05) is 0 Å². The summed E-state index contributed by atoms with van der Waals surface area (Å²) >= 11 is 0. The fraction of sp³-hybridized carbons (Fsp3) is 0.786. The van der Waals surface area contributed by atoms with Crippen molar-refractivity contribution in [3.8, 4) is 0 Å². The van der Waals surface area contributed by atoms with Crippen LogP contribution < -0.4 is 0 Å². The number of hydrogen-bond donors (Lipinski definition) is 0. The molecule has 100 valence electrons. The van der Waals surface area contributed by atoms with Crippen molar-refractivity contribution in [2.45, 2.75) is 65.4 Å². The number of ether oxygens (including phenoxy) is 2. The zero-order valence-corrected chi connectivity index (χ0v) is 11.6. The van der Waals surface area contributed by atoms with Gasteiger partial charge in [0.15, 0.2) is 0 Å². The molecule has 0 saturated heterocycles. The van der Waals surface area contributed by atoms with Gasteiger partial charge in [-0.2, -0.15) is 0 Å². The highest BCUT2D eigenvalue weighted by atomic mass is 16.5. The predicted molar refractivity (Wildman–Crippen MR) is 69.7 cm³/mol. The number of rotatable bonds is 9. The maximum atomic E-state index is 11.8. The highest BCUT2D eigenvalue weighted by Gasteiger charge is 2.15. The molecule has 0 radical (unpaired) electrons. The minimum atomic E-state index is -0.238. The fourth-order valence-electron chi connectivity index (χ4n) is 1.61. The van der Waals surface area contributed by atoms with E-state index in [1.807, 2.05) is 6.92 Å². The summed E-state index contributed by atoms with van der Waals surface area (Å²) in [6, 6.07) is 0. The third-order valence-electron chi connectivity index (χ3n) is 2.76. The third kappa shape index (κ3) is 7.03. The number of hydrogen-bond acceptors (Lipinski definition) is 3. The average Bonchev–Trinajstić information content (AvgIpc) is 2.34. The van der Waals surface area contributed by atoms with Crippen LogP contribution in [0.1, 0.15) is 59.3 Å². The molecular weight excluding hydrogens is 216 g/mol. The highest BCUT2D eigenvalue weighted by Crippen LogP contribution is 2.13. The Morgan fingerprint density at radius 2 is 1.94 bits per heavy atom. The molecule has 0 rings (SSSR count). The molecule has 0 saturated carbocycles. The van der Waals surface area contributed by atoms with Crippen molar-refractivity contribution < 1.29 is 14.3 Å². The zero-order chi connectivity index (χ0) is 13.1. The Kier molecular flexibility index (Phi) is 9.59. The second-order valence-electron chi connectivity index (χ2n) is 4.16. The van der Waals surface area contributed by atoms with E-state index in [1.54, 1.807) is 7.11 Å². The molecule has 0 aliphatic rings. The summed E-state index contributed by atoms with van der Waals surface area (Å²) in [7, 11) is 1.54. The van der Waals surface area contributed by atoms with Crippen molar-refractivity contribution in [2.24, 2.45) is 0 Å². The van der Waals surface area contributed by atoms with Crippen LogP contribution in [0.5, 0.6) is 0 Å². The molecule has 0 fully saturated rings. The summed E-state index contributed by atoms with van der Waals surface area (Å²) in [4.78, 5) is 11.8. The molecule has 1 unspecified atom stereocenters. The van der Waals surface area contributed by atoms with E-state index in [1.165, 1.54) is 19.1 Å². The first-order chi connectivity index (χ1) is 8.19. The van der Waals surface area contributed by atoms with Crippen LogP contribution in [0.2, 0.25) is 0 Å². The second-order valence-corrected chi connectivity index (χ2v) is 4.16. The van der Waals surface area contributed by atoms with Crippen molar-refractivity contribution in [1.82, 2.24) is 0 Å². The lowest BCUT2D eigenvalue weighted by Crippen LogP contribution is -2.19. The van der Waals surface area contributed by atoms with E-state index < -0.39 is 0 Å². The van der Waals surface area contributed by atoms with Crippen LogP contribution in [-0.2, 0) is 14.3 Å². The van der Waals surface area contributed by atoms with Crippen LogP contribution in [0.4, 0.5) is 0 Å². The summed E-state index contributed by atoms with van der Waals surface area (Å²) in [6.07, 6.45) is 7.49. The van der Waals surface area contributed by atoms with Gasteiger partial charge < -0.3 is 9.47 Å². The summed E-state index contributed by atoms with van der Waals surface area (Å²) in [5, 5.41) is 0. The molecule has 0 aromatic carbocycles. The fourth-order valence-corrected chi connectivity index (χ4v) is 1.61. The van der Waals surface area contributed by atoms with Crippen molar-refractivity contribution in [3.63, 3.8) is 0 Å². The van der Waals surface area contributed by atoms with Crippen LogP contribution in [0.15, 0.2) is 11.8 Å². The average molecular weight is 242 g/mol. The largest absolute Gasteiger partial charge is 0.504 e. The topological polar surface area (TPSA) is 35.5 Å². The normalized spacial score (nSPS) is 13.3. The van der Waals surface area contributed by atoms with Gasteiger partial charge in [-0.05, 0) is 25.7 Å². The lowest BCUT2D eigenvalue weighted by molar-refractivity contribution is -0.145. The molecular formula is C14H26O3. The lowest BCUT2D eigenvalue weighted by Gasteiger charge is -2.16. The Morgan fingerprint density at radius 1 is 1.24 bits per heavy atom. The Morgan fingerprint density at radius 3 is 2.41 bits per heavy atom. The molecule has 0 aromatic rings. The molecule has 3 heteroatoms. The summed E-state index contributed by atoms with van der Waals surface area (Å²) in [5.74, 6) is -0.238. The van der Waals surface area contributed by atoms with Crippen molar-refractivity contribution in [1.29, 1.82) is 0 Å². The van der Waals surface area contributed by atoms with E-state index in [2.05, 4.69) is 13.8 Å². The van der Waals surface area contributed by atoms with Crippen molar-refractivity contribution in [3.05, 3.63) is 11.8 Å². The molecule has 0 N–H and O–H groups in total. The summed E-state index contributed by atoms with van der Waals surface area (Å²) < 4.78 is 10.3. The van der Waals surface area contributed by atoms with E-state index >= 15 is 0 Å². The van der Waals surface area contributed by atoms with Crippen LogP contribution in [0.25, 0.3) is 0 Å². The standard InChI is InChI=1S/C14H26O3/c1-5-8-9-10-13(7-3)17-14(15)12(6-2)11-16-4/h11,13H,5-10H2,1-4H3. The first-order valence-electron chi connectivity index (χ1n) is 6.62. The monoisotopic (exact) mass is 242 g/mol. The van der Waals surface area contributed by atoms with Gasteiger partial charge in [0.1, 0.15) is 6.10 Å². The molecule has 0 heterocycles. The van der Waals surface area contributed by atoms with E-state index in [0.29, 0.717) is 12.0 Å². The maximum Gasteiger partial charge on any atom is 0.337 e. The number of esters is 1. The van der Waals surface area contributed by atoms with E-state index in [4.69, 9.17) is 9.47 Å². The molecule has 3 nitrogen and oxygen atoms in total. The minimum Gasteiger partial charge on any atom is -0.504 e. The smallest absolute Gasteiger partial charge is 0.337 e. The Bertz CT molecular complexity index is 234. The molecule has 0 aromatic heterocycles. The quantitative estimate of drug-likeness (QED) is 0.267. The number of carbonyl (C=O) groups is 1. The van der Waals surface area contributed by atoms with Crippen molar-refractivity contribution >= 4 is 5.97 Å². The van der Waals surface area contributed by atoms with Gasteiger partial charge in [0.2, 0.25) is 0 Å². The molecule has 17 heavy (non-hydrogen) atoms. The van der Waals surface area contributed by atoms with Gasteiger partial charge in [-0.25, -0.2) is 4.79 Å². The summed E-state index contributed by atoms with van der Waals surface area (Å²) in [6.45, 7) is 6.14. The first-order valence-corrected chi connectivity index (χ1v) is 6.62. The van der Waals surface area contributed by atoms with E-state index in [9.17, 15) is 4.79 Å². The Labute approximate surface area is 105 Å². The summed E-state index contributed by atoms with van der Waals surface area (Å²) in [5.41, 5.74) is 0.599. The zero-order valence-electron chi connectivity index (χ0n) is 11.6. The van der Waals surface area contributed by atoms with Crippen LogP contribution in [0, 0.1) is 0 Å². The van der Waals surface area contributed by atoms with Gasteiger partial charge in [0.25, 0.3) is 0 Å². The lowest BCUT2D eigenvalue weighted by atomic mass is 10.1. The van der Waals surface area contributed by atoms with Crippen LogP contribution >= 0.6 is 0 Å². The van der Waals surface area contributed by atoms with Crippen LogP contribution in [-0.4, -0.2) is 19.2 Å². The maximum absolute atomic E-state index is 11.8. The first kappa shape index (κ1) is 16.0. The molecule has 0 spiro atoms. The van der Waals surface area contributed by atoms with Gasteiger partial charge in [0.05, 0.1) is 18.9 Å². The molecule has 0 aliphatic heterocycles. The molecule has 0 amide bonds. The molecule has 1 atom stereocenters. The number of carbonyl (C=O) groups excluding carboxylic acids is 1. The molecule has 0 aliphatic carbocycles. The number of methoxy groups -OCH3 is 1. The predicted octanol–water partition coefficient (Wildman–Crippen LogP) is 3.83. The van der Waals surface area contributed by atoms with Gasteiger partial charge in [-0.1, -0.05) is 33.6 Å². The van der Waals surface area contributed by atoms with Gasteiger partial charge in [-0.3, -0.25) is 0 Å². The number of unbranched alkanes of at least 4 members (excludes halogenated alkanes) is 2. The SMILES string of the molecule is CCCCCC(CC)OC(=O)C(=COC)CC. The molecule has 0 bridgehead atoms. The third-order valence-corrected chi connectivity index (χ3v) is 2.76. The second kappa shape index (κ2) is 10.2. The van der Waals surface area contributed by atoms with E-state index in [0.717, 1.165) is 19.3 Å². The van der Waals surface area contributed by atoms with E-state index in [-0.39, 0.29) is 12.1 Å². The van der Waals surface area contributed by atoms with Gasteiger partial charge in [-0.15, -0.1) is 0 Å². The minimum absolute atomic E-state index is 0.0425. The van der Waals surface area contributed by atoms with Crippen LogP contribution in [0.3, 0.4) is 0 Å². The Hall–Kier alpha value is -0.990. The van der Waals surface area contributed by atoms with Gasteiger partial charge >= 0.3 is 5.97 Å². The highest BCUT2D eigenvalue weighted by molar-refractivity contribution is 5.88. The van der Waals surface area contributed by atoms with Crippen molar-refractivity contribution in [2.75, 3.05) is 7.11 Å². The Balaban J connectivity index is 4.16.